The molecule has 32 heavy (non-hydrogen) atoms. The van der Waals surface area contributed by atoms with Gasteiger partial charge < -0.3 is 19.3 Å². The number of hydrogen-bond acceptors (Lipinski definition) is 6. The standard InChI is InChI=1S/C22H19Cl2N3O3S.BrH/c23-14-2-4-16(5-3-14)29-9-1-7-26-18-11-15(24)10-17(21(18)30-12-20(26)28)19-13-31-22-25-6-8-27(19)22;/h2-5,10-11,13H,1,6-9,12H2;1H. The number of carbonyl (C=O) groups is 1. The van der Waals surface area contributed by atoms with Crippen molar-refractivity contribution >= 4 is 74.4 Å². The Morgan fingerprint density at radius 1 is 1.16 bits per heavy atom. The Morgan fingerprint density at radius 2 is 1.97 bits per heavy atom. The number of amidine groups is 1. The van der Waals surface area contributed by atoms with Crippen LogP contribution < -0.4 is 14.4 Å². The van der Waals surface area contributed by atoms with E-state index in [-0.39, 0.29) is 29.5 Å². The zero-order valence-electron chi connectivity index (χ0n) is 16.9. The normalized spacial score (nSPS) is 16.6. The lowest BCUT2D eigenvalue weighted by Crippen LogP contribution is -2.40. The van der Waals surface area contributed by atoms with Crippen molar-refractivity contribution in [1.29, 1.82) is 0 Å². The number of ether oxygens (including phenoxy) is 2. The third-order valence-corrected chi connectivity index (χ3v) is 6.59. The summed E-state index contributed by atoms with van der Waals surface area (Å²) in [6, 6.07) is 10.9. The Hall–Kier alpha value is -1.87. The molecular formula is C22H20BrCl2N3O3S. The van der Waals surface area contributed by atoms with Gasteiger partial charge in [0, 0.05) is 34.1 Å². The van der Waals surface area contributed by atoms with Crippen LogP contribution >= 0.6 is 51.9 Å². The van der Waals surface area contributed by atoms with Crippen LogP contribution in [0.1, 0.15) is 12.0 Å². The van der Waals surface area contributed by atoms with Crippen LogP contribution in [-0.2, 0) is 4.79 Å². The summed E-state index contributed by atoms with van der Waals surface area (Å²) in [6.45, 7) is 2.60. The molecule has 0 radical (unpaired) electrons. The summed E-state index contributed by atoms with van der Waals surface area (Å²) < 4.78 is 11.7. The Bertz CT molecular complexity index is 1090. The Balaban J connectivity index is 0.00000245. The quantitative estimate of drug-likeness (QED) is 0.441. The van der Waals surface area contributed by atoms with E-state index in [9.17, 15) is 4.79 Å². The topological polar surface area (TPSA) is 54.4 Å². The predicted octanol–water partition coefficient (Wildman–Crippen LogP) is 5.48. The molecule has 1 amide bonds. The number of benzene rings is 2. The van der Waals surface area contributed by atoms with Gasteiger partial charge in [0.05, 0.1) is 24.5 Å². The van der Waals surface area contributed by atoms with Crippen LogP contribution in [0.3, 0.4) is 0 Å². The molecule has 10 heteroatoms. The van der Waals surface area contributed by atoms with E-state index in [1.165, 1.54) is 0 Å². The van der Waals surface area contributed by atoms with Crippen molar-refractivity contribution in [2.24, 2.45) is 4.99 Å². The molecule has 0 saturated carbocycles. The van der Waals surface area contributed by atoms with Gasteiger partial charge in [-0.3, -0.25) is 9.79 Å². The monoisotopic (exact) mass is 555 g/mol. The largest absolute Gasteiger partial charge is 0.494 e. The summed E-state index contributed by atoms with van der Waals surface area (Å²) in [5, 5.41) is 4.28. The zero-order chi connectivity index (χ0) is 21.4. The van der Waals surface area contributed by atoms with Crippen LogP contribution in [0.15, 0.2) is 46.8 Å². The summed E-state index contributed by atoms with van der Waals surface area (Å²) in [5.41, 5.74) is 2.60. The lowest BCUT2D eigenvalue weighted by molar-refractivity contribution is -0.121. The molecule has 3 aliphatic rings. The summed E-state index contributed by atoms with van der Waals surface area (Å²) in [7, 11) is 0. The Labute approximate surface area is 210 Å². The van der Waals surface area contributed by atoms with E-state index in [2.05, 4.69) is 15.3 Å². The molecule has 2 aromatic carbocycles. The number of nitrogens with zero attached hydrogens (tertiary/aromatic N) is 3. The van der Waals surface area contributed by atoms with Crippen molar-refractivity contribution in [3.05, 3.63) is 57.4 Å². The van der Waals surface area contributed by atoms with Gasteiger partial charge in [-0.1, -0.05) is 35.0 Å². The molecule has 0 unspecified atom stereocenters. The van der Waals surface area contributed by atoms with Crippen molar-refractivity contribution in [3.63, 3.8) is 0 Å². The second-order valence-electron chi connectivity index (χ2n) is 7.23. The van der Waals surface area contributed by atoms with Crippen molar-refractivity contribution in [1.82, 2.24) is 4.90 Å². The molecule has 6 nitrogen and oxygen atoms in total. The van der Waals surface area contributed by atoms with Crippen LogP contribution in [0.4, 0.5) is 5.69 Å². The fourth-order valence-electron chi connectivity index (χ4n) is 3.79. The SMILES string of the molecule is Br.O=C1COc2c(C3=CSC4=NCCN34)cc(Cl)cc2N1CCCOc1ccc(Cl)cc1. The number of hydrogen-bond donors (Lipinski definition) is 0. The van der Waals surface area contributed by atoms with E-state index in [1.54, 1.807) is 34.9 Å². The van der Waals surface area contributed by atoms with Gasteiger partial charge in [-0.05, 0) is 42.8 Å². The van der Waals surface area contributed by atoms with Crippen molar-refractivity contribution < 1.29 is 14.3 Å². The van der Waals surface area contributed by atoms with Gasteiger partial charge in [-0.2, -0.15) is 0 Å². The first-order chi connectivity index (χ1) is 15.1. The van der Waals surface area contributed by atoms with Gasteiger partial charge in [0.25, 0.3) is 5.91 Å². The van der Waals surface area contributed by atoms with E-state index >= 15 is 0 Å². The van der Waals surface area contributed by atoms with Gasteiger partial charge in [0.15, 0.2) is 17.5 Å². The summed E-state index contributed by atoms with van der Waals surface area (Å²) in [6.07, 6.45) is 0.664. The van der Waals surface area contributed by atoms with E-state index in [0.717, 1.165) is 35.3 Å². The predicted molar refractivity (Wildman–Crippen MR) is 136 cm³/mol. The molecule has 0 N–H and O–H groups in total. The summed E-state index contributed by atoms with van der Waals surface area (Å²) in [4.78, 5) is 21.1. The average Bonchev–Trinajstić information content (AvgIpc) is 3.37. The first kappa shape index (κ1) is 23.3. The number of anilines is 1. The van der Waals surface area contributed by atoms with Crippen LogP contribution in [0.25, 0.3) is 5.70 Å². The highest BCUT2D eigenvalue weighted by Crippen LogP contribution is 2.45. The number of thioether (sulfide) groups is 1. The number of halogens is 3. The molecular weight excluding hydrogens is 537 g/mol. The second kappa shape index (κ2) is 9.95. The van der Waals surface area contributed by atoms with E-state index < -0.39 is 0 Å². The average molecular weight is 557 g/mol. The van der Waals surface area contributed by atoms with E-state index in [0.29, 0.717) is 41.1 Å². The highest BCUT2D eigenvalue weighted by molar-refractivity contribution is 8.93. The molecule has 3 aliphatic heterocycles. The lowest BCUT2D eigenvalue weighted by atomic mass is 10.1. The Kier molecular flexibility index (Phi) is 7.24. The van der Waals surface area contributed by atoms with Gasteiger partial charge in [0.1, 0.15) is 5.75 Å². The Morgan fingerprint density at radius 3 is 2.78 bits per heavy atom. The smallest absolute Gasteiger partial charge is 0.265 e. The number of carbonyl (C=O) groups excluding carboxylic acids is 1. The van der Waals surface area contributed by atoms with Gasteiger partial charge >= 0.3 is 0 Å². The number of rotatable bonds is 6. The number of fused-ring (bicyclic) bond motifs is 2. The molecule has 5 rings (SSSR count). The van der Waals surface area contributed by atoms with Crippen molar-refractivity contribution in [2.45, 2.75) is 6.42 Å². The third kappa shape index (κ3) is 4.59. The summed E-state index contributed by atoms with van der Waals surface area (Å²) >= 11 is 14.0. The molecule has 0 spiro atoms. The number of aliphatic imine (C=N–C) groups is 1. The zero-order valence-corrected chi connectivity index (χ0v) is 21.0. The first-order valence-corrected chi connectivity index (χ1v) is 11.6. The molecule has 0 aliphatic carbocycles. The molecule has 0 atom stereocenters. The lowest BCUT2D eigenvalue weighted by Gasteiger charge is -2.32. The minimum absolute atomic E-state index is 0. The van der Waals surface area contributed by atoms with Gasteiger partial charge in [-0.25, -0.2) is 0 Å². The van der Waals surface area contributed by atoms with Crippen molar-refractivity contribution in [2.75, 3.05) is 37.7 Å². The fourth-order valence-corrected chi connectivity index (χ4v) is 5.08. The van der Waals surface area contributed by atoms with E-state index in [1.807, 2.05) is 18.2 Å². The van der Waals surface area contributed by atoms with Crippen LogP contribution in [0.2, 0.25) is 10.0 Å². The highest BCUT2D eigenvalue weighted by Gasteiger charge is 2.33. The van der Waals surface area contributed by atoms with Crippen molar-refractivity contribution in [3.8, 4) is 11.5 Å². The molecule has 0 saturated heterocycles. The maximum atomic E-state index is 12.6. The molecule has 2 aromatic rings. The molecule has 0 bridgehead atoms. The molecule has 168 valence electrons. The van der Waals surface area contributed by atoms with Crippen LogP contribution in [0, 0.1) is 0 Å². The maximum absolute atomic E-state index is 12.6. The van der Waals surface area contributed by atoms with Gasteiger partial charge in [-0.15, -0.1) is 17.0 Å². The van der Waals surface area contributed by atoms with Crippen LogP contribution in [0.5, 0.6) is 11.5 Å². The third-order valence-electron chi connectivity index (χ3n) is 5.22. The molecule has 3 heterocycles. The first-order valence-electron chi connectivity index (χ1n) is 9.94. The molecule has 0 aromatic heterocycles. The minimum atomic E-state index is -0.0922. The maximum Gasteiger partial charge on any atom is 0.265 e. The summed E-state index contributed by atoms with van der Waals surface area (Å²) in [5.74, 6) is 1.34. The molecule has 0 fully saturated rings. The second-order valence-corrected chi connectivity index (χ2v) is 8.94. The van der Waals surface area contributed by atoms with Crippen LogP contribution in [-0.4, -0.2) is 48.8 Å². The highest BCUT2D eigenvalue weighted by atomic mass is 79.9. The number of amides is 1. The fraction of sp³-hybridized carbons (Fsp3) is 0.273. The van der Waals surface area contributed by atoms with E-state index in [4.69, 9.17) is 32.7 Å². The van der Waals surface area contributed by atoms with Gasteiger partial charge in [0.2, 0.25) is 0 Å². The minimum Gasteiger partial charge on any atom is -0.494 e.